The van der Waals surface area contributed by atoms with Crippen molar-refractivity contribution in [2.24, 2.45) is 0 Å². The summed E-state index contributed by atoms with van der Waals surface area (Å²) in [6.45, 7) is 5.18. The van der Waals surface area contributed by atoms with Gasteiger partial charge >= 0.3 is 0 Å². The number of carbonyl (C=O) groups is 1. The zero-order valence-electron chi connectivity index (χ0n) is 11.6. The lowest BCUT2D eigenvalue weighted by Gasteiger charge is -2.13. The molecule has 1 atom stereocenters. The van der Waals surface area contributed by atoms with E-state index in [1.165, 1.54) is 12.8 Å². The van der Waals surface area contributed by atoms with E-state index < -0.39 is 0 Å². The van der Waals surface area contributed by atoms with E-state index in [4.69, 9.17) is 0 Å². The lowest BCUT2D eigenvalue weighted by Crippen LogP contribution is -2.24. The molecule has 19 heavy (non-hydrogen) atoms. The molecule has 0 aliphatic carbocycles. The highest BCUT2D eigenvalue weighted by Gasteiger charge is 2.16. The zero-order valence-corrected chi connectivity index (χ0v) is 12.4. The first-order chi connectivity index (χ1) is 8.66. The number of nitrogens with one attached hydrogen (secondary N) is 2. The third kappa shape index (κ3) is 4.51. The van der Waals surface area contributed by atoms with Crippen molar-refractivity contribution in [2.45, 2.75) is 51.6 Å². The summed E-state index contributed by atoms with van der Waals surface area (Å²) in [5.41, 5.74) is 0. The Kier molecular flexibility index (Phi) is 6.31. The maximum absolute atomic E-state index is 11.9. The van der Waals surface area contributed by atoms with Crippen LogP contribution in [-0.4, -0.2) is 28.3 Å². The van der Waals surface area contributed by atoms with E-state index in [1.54, 1.807) is 6.20 Å². The summed E-state index contributed by atoms with van der Waals surface area (Å²) in [5, 5.41) is 10.5. The van der Waals surface area contributed by atoms with Crippen molar-refractivity contribution in [2.75, 3.05) is 11.9 Å². The van der Waals surface area contributed by atoms with Crippen LogP contribution < -0.4 is 10.6 Å². The molecule has 0 spiro atoms. The standard InChI is InChI=1S/C13H22N4O.ClH/c1-10(2)17-12(7-9-15-17)16-13(18)6-5-11-4-3-8-14-11;/h7,9-11,14H,3-6,8H2,1-2H3,(H,16,18);1H. The highest BCUT2D eigenvalue weighted by atomic mass is 35.5. The number of hydrogen-bond donors (Lipinski definition) is 2. The van der Waals surface area contributed by atoms with Crippen molar-refractivity contribution >= 4 is 24.1 Å². The number of carbonyl (C=O) groups excluding carboxylic acids is 1. The van der Waals surface area contributed by atoms with Crippen LogP contribution in [0.5, 0.6) is 0 Å². The van der Waals surface area contributed by atoms with Gasteiger partial charge in [0.2, 0.25) is 5.91 Å². The fourth-order valence-corrected chi connectivity index (χ4v) is 2.34. The first-order valence-electron chi connectivity index (χ1n) is 6.73. The molecule has 1 aromatic heterocycles. The van der Waals surface area contributed by atoms with Gasteiger partial charge in [0.15, 0.2) is 0 Å². The fourth-order valence-electron chi connectivity index (χ4n) is 2.34. The third-order valence-electron chi connectivity index (χ3n) is 3.31. The second-order valence-corrected chi connectivity index (χ2v) is 5.13. The van der Waals surface area contributed by atoms with Gasteiger partial charge in [-0.15, -0.1) is 12.4 Å². The number of halogens is 1. The van der Waals surface area contributed by atoms with Crippen LogP contribution in [0.4, 0.5) is 5.82 Å². The minimum Gasteiger partial charge on any atom is -0.314 e. The van der Waals surface area contributed by atoms with E-state index in [0.717, 1.165) is 18.8 Å². The Labute approximate surface area is 120 Å². The van der Waals surface area contributed by atoms with Crippen molar-refractivity contribution in [3.05, 3.63) is 12.3 Å². The third-order valence-corrected chi connectivity index (χ3v) is 3.31. The van der Waals surface area contributed by atoms with E-state index in [0.29, 0.717) is 12.5 Å². The molecule has 1 aliphatic heterocycles. The second kappa shape index (κ2) is 7.50. The lowest BCUT2D eigenvalue weighted by molar-refractivity contribution is -0.116. The number of rotatable bonds is 5. The van der Waals surface area contributed by atoms with Crippen LogP contribution in [0, 0.1) is 0 Å². The largest absolute Gasteiger partial charge is 0.314 e. The molecule has 2 heterocycles. The van der Waals surface area contributed by atoms with Crippen LogP contribution in [0.25, 0.3) is 0 Å². The number of aromatic nitrogens is 2. The summed E-state index contributed by atoms with van der Waals surface area (Å²) in [7, 11) is 0. The molecular weight excluding hydrogens is 264 g/mol. The maximum atomic E-state index is 11.9. The van der Waals surface area contributed by atoms with E-state index in [-0.39, 0.29) is 24.4 Å². The Morgan fingerprint density at radius 1 is 1.63 bits per heavy atom. The van der Waals surface area contributed by atoms with Gasteiger partial charge in [0.1, 0.15) is 5.82 Å². The van der Waals surface area contributed by atoms with E-state index in [2.05, 4.69) is 15.7 Å². The van der Waals surface area contributed by atoms with Gasteiger partial charge in [-0.25, -0.2) is 4.68 Å². The van der Waals surface area contributed by atoms with Gasteiger partial charge < -0.3 is 10.6 Å². The highest BCUT2D eigenvalue weighted by Crippen LogP contribution is 2.15. The van der Waals surface area contributed by atoms with Gasteiger partial charge in [-0.3, -0.25) is 4.79 Å². The smallest absolute Gasteiger partial charge is 0.225 e. The molecule has 0 aromatic carbocycles. The molecule has 0 saturated carbocycles. The fraction of sp³-hybridized carbons (Fsp3) is 0.692. The summed E-state index contributed by atoms with van der Waals surface area (Å²) in [5.74, 6) is 0.862. The molecule has 1 aromatic rings. The summed E-state index contributed by atoms with van der Waals surface area (Å²) in [6.07, 6.45) is 5.63. The van der Waals surface area contributed by atoms with Gasteiger partial charge in [0.25, 0.3) is 0 Å². The second-order valence-electron chi connectivity index (χ2n) is 5.13. The molecule has 2 rings (SSSR count). The molecule has 1 fully saturated rings. The van der Waals surface area contributed by atoms with Crippen molar-refractivity contribution in [1.82, 2.24) is 15.1 Å². The minimum atomic E-state index is 0. The molecule has 0 radical (unpaired) electrons. The van der Waals surface area contributed by atoms with Crippen LogP contribution in [-0.2, 0) is 4.79 Å². The minimum absolute atomic E-state index is 0. The normalized spacial score (nSPS) is 18.4. The van der Waals surface area contributed by atoms with Crippen LogP contribution in [0.2, 0.25) is 0 Å². The monoisotopic (exact) mass is 286 g/mol. The molecule has 1 unspecified atom stereocenters. The van der Waals surface area contributed by atoms with Crippen LogP contribution in [0.3, 0.4) is 0 Å². The Balaban J connectivity index is 0.00000180. The van der Waals surface area contributed by atoms with Crippen molar-refractivity contribution in [3.63, 3.8) is 0 Å². The molecule has 1 saturated heterocycles. The lowest BCUT2D eigenvalue weighted by atomic mass is 10.1. The van der Waals surface area contributed by atoms with Gasteiger partial charge in [-0.1, -0.05) is 0 Å². The topological polar surface area (TPSA) is 59.0 Å². The van der Waals surface area contributed by atoms with E-state index in [1.807, 2.05) is 24.6 Å². The van der Waals surface area contributed by atoms with Crippen LogP contribution >= 0.6 is 12.4 Å². The van der Waals surface area contributed by atoms with Gasteiger partial charge in [-0.05, 0) is 39.7 Å². The van der Waals surface area contributed by atoms with Crippen molar-refractivity contribution in [1.29, 1.82) is 0 Å². The Hall–Kier alpha value is -1.07. The molecule has 6 heteroatoms. The summed E-state index contributed by atoms with van der Waals surface area (Å²) >= 11 is 0. The average molecular weight is 287 g/mol. The molecule has 1 amide bonds. The zero-order chi connectivity index (χ0) is 13.0. The van der Waals surface area contributed by atoms with Crippen molar-refractivity contribution < 1.29 is 4.79 Å². The average Bonchev–Trinajstić information content (AvgIpc) is 2.96. The molecule has 108 valence electrons. The Morgan fingerprint density at radius 3 is 3.05 bits per heavy atom. The van der Waals surface area contributed by atoms with Gasteiger partial charge in [0, 0.05) is 24.6 Å². The number of hydrogen-bond acceptors (Lipinski definition) is 3. The molecule has 5 nitrogen and oxygen atoms in total. The molecule has 2 N–H and O–H groups in total. The van der Waals surface area contributed by atoms with Gasteiger partial charge in [-0.2, -0.15) is 5.10 Å². The summed E-state index contributed by atoms with van der Waals surface area (Å²) in [4.78, 5) is 11.9. The quantitative estimate of drug-likeness (QED) is 0.873. The highest BCUT2D eigenvalue weighted by molar-refractivity contribution is 5.89. The predicted molar refractivity (Wildman–Crippen MR) is 78.7 cm³/mol. The van der Waals surface area contributed by atoms with Crippen molar-refractivity contribution in [3.8, 4) is 0 Å². The first-order valence-corrected chi connectivity index (χ1v) is 6.73. The number of amides is 1. The SMILES string of the molecule is CC(C)n1nccc1NC(=O)CCC1CCCN1.Cl. The van der Waals surface area contributed by atoms with Crippen LogP contribution in [0.1, 0.15) is 45.6 Å². The van der Waals surface area contributed by atoms with Gasteiger partial charge in [0.05, 0.1) is 6.20 Å². The van der Waals surface area contributed by atoms with E-state index in [9.17, 15) is 4.79 Å². The van der Waals surface area contributed by atoms with Crippen LogP contribution in [0.15, 0.2) is 12.3 Å². The number of nitrogens with zero attached hydrogens (tertiary/aromatic N) is 2. The molecule has 0 bridgehead atoms. The molecule has 1 aliphatic rings. The Bertz CT molecular complexity index is 399. The summed E-state index contributed by atoms with van der Waals surface area (Å²) in [6, 6.07) is 2.61. The predicted octanol–water partition coefficient (Wildman–Crippen LogP) is 2.36. The first kappa shape index (κ1) is 16.0. The molecular formula is C13H23ClN4O. The van der Waals surface area contributed by atoms with E-state index >= 15 is 0 Å². The Morgan fingerprint density at radius 2 is 2.42 bits per heavy atom. The number of anilines is 1. The summed E-state index contributed by atoms with van der Waals surface area (Å²) < 4.78 is 1.83. The maximum Gasteiger partial charge on any atom is 0.225 e.